The minimum absolute atomic E-state index is 0.299. The van der Waals surface area contributed by atoms with Gasteiger partial charge in [0.25, 0.3) is 0 Å². The second kappa shape index (κ2) is 4.09. The third kappa shape index (κ3) is 2.87. The van der Waals surface area contributed by atoms with Gasteiger partial charge in [0.2, 0.25) is 0 Å². The topological polar surface area (TPSA) is 46.5 Å². The first-order valence-electron chi connectivity index (χ1n) is 2.68. The molecule has 3 heteroatoms. The van der Waals surface area contributed by atoms with Gasteiger partial charge in [-0.1, -0.05) is 13.0 Å². The van der Waals surface area contributed by atoms with Crippen LogP contribution in [0.25, 0.3) is 0 Å². The summed E-state index contributed by atoms with van der Waals surface area (Å²) in [5, 5.41) is 7.85. The lowest BCUT2D eigenvalue weighted by molar-refractivity contribution is -0.238. The van der Waals surface area contributed by atoms with Crippen LogP contribution < -0.4 is 0 Å². The maximum atomic E-state index is 10.4. The molecule has 0 rings (SSSR count). The van der Waals surface area contributed by atoms with Crippen molar-refractivity contribution in [3.8, 4) is 0 Å². The van der Waals surface area contributed by atoms with Gasteiger partial charge < -0.3 is 4.89 Å². The van der Waals surface area contributed by atoms with Gasteiger partial charge >= 0.3 is 5.97 Å². The molecule has 1 N–H and O–H groups in total. The highest BCUT2D eigenvalue weighted by molar-refractivity contribution is 5.71. The molecule has 0 spiro atoms. The van der Waals surface area contributed by atoms with E-state index in [9.17, 15) is 4.79 Å². The lowest BCUT2D eigenvalue weighted by Gasteiger charge is -2.01. The molecule has 0 aromatic heterocycles. The largest absolute Gasteiger partial charge is 0.345 e. The summed E-state index contributed by atoms with van der Waals surface area (Å²) in [4.78, 5) is 13.9. The number of hydrogen-bond donors (Lipinski definition) is 1. The van der Waals surface area contributed by atoms with Gasteiger partial charge in [0.15, 0.2) is 0 Å². The normalized spacial score (nSPS) is 12.2. The molecule has 52 valence electrons. The lowest BCUT2D eigenvalue weighted by Crippen LogP contribution is -2.11. The highest BCUT2D eigenvalue weighted by atomic mass is 17.1. The molecule has 0 fully saturated rings. The van der Waals surface area contributed by atoms with E-state index in [1.54, 1.807) is 13.0 Å². The van der Waals surface area contributed by atoms with E-state index in [4.69, 9.17) is 5.26 Å². The van der Waals surface area contributed by atoms with Crippen LogP contribution in [0.3, 0.4) is 0 Å². The Morgan fingerprint density at radius 3 is 2.89 bits per heavy atom. The number of carbonyl (C=O) groups is 1. The van der Waals surface area contributed by atoms with E-state index in [1.807, 2.05) is 0 Å². The van der Waals surface area contributed by atoms with E-state index in [0.29, 0.717) is 6.42 Å². The van der Waals surface area contributed by atoms with E-state index >= 15 is 0 Å². The van der Waals surface area contributed by atoms with Gasteiger partial charge in [0.1, 0.15) is 0 Å². The van der Waals surface area contributed by atoms with Crippen molar-refractivity contribution in [1.29, 1.82) is 0 Å². The van der Waals surface area contributed by atoms with Crippen LogP contribution in [0, 0.1) is 5.92 Å². The van der Waals surface area contributed by atoms with Crippen molar-refractivity contribution in [2.75, 3.05) is 0 Å². The lowest BCUT2D eigenvalue weighted by atomic mass is 10.1. The third-order valence-electron chi connectivity index (χ3n) is 1.01. The van der Waals surface area contributed by atoms with Crippen molar-refractivity contribution < 1.29 is 14.9 Å². The Morgan fingerprint density at radius 1 is 2.00 bits per heavy atom. The molecule has 0 aliphatic rings. The third-order valence-corrected chi connectivity index (χ3v) is 1.01. The van der Waals surface area contributed by atoms with Crippen LogP contribution in [0.2, 0.25) is 0 Å². The maximum Gasteiger partial charge on any atom is 0.345 e. The van der Waals surface area contributed by atoms with Gasteiger partial charge in [-0.3, -0.25) is 0 Å². The van der Waals surface area contributed by atoms with Crippen LogP contribution in [-0.2, 0) is 9.68 Å². The van der Waals surface area contributed by atoms with E-state index in [0.717, 1.165) is 0 Å². The Labute approximate surface area is 53.9 Å². The van der Waals surface area contributed by atoms with E-state index in [2.05, 4.69) is 11.5 Å². The van der Waals surface area contributed by atoms with E-state index < -0.39 is 5.97 Å². The van der Waals surface area contributed by atoms with Crippen LogP contribution in [0.5, 0.6) is 0 Å². The first-order chi connectivity index (χ1) is 4.22. The molecule has 0 aromatic rings. The Balaban J connectivity index is 3.58. The molecule has 9 heavy (non-hydrogen) atoms. The molecule has 0 heterocycles. The second-order valence-corrected chi connectivity index (χ2v) is 1.84. The van der Waals surface area contributed by atoms with Gasteiger partial charge in [-0.2, -0.15) is 5.26 Å². The molecule has 0 amide bonds. The van der Waals surface area contributed by atoms with Gasteiger partial charge in [-0.05, 0) is 6.42 Å². The summed E-state index contributed by atoms with van der Waals surface area (Å²) in [6.45, 7) is 5.08. The van der Waals surface area contributed by atoms with Gasteiger partial charge in [-0.15, -0.1) is 6.58 Å². The van der Waals surface area contributed by atoms with Gasteiger partial charge in [0, 0.05) is 0 Å². The Kier molecular flexibility index (Phi) is 3.71. The number of hydrogen-bond acceptors (Lipinski definition) is 3. The summed E-state index contributed by atoms with van der Waals surface area (Å²) in [5.74, 6) is -0.914. The molecular weight excluding hydrogens is 120 g/mol. The molecule has 0 aromatic carbocycles. The number of rotatable bonds is 3. The number of allylic oxidation sites excluding steroid dienone is 1. The SMILES string of the molecule is C=CCC(C)C(=O)OO. The fourth-order valence-electron chi connectivity index (χ4n) is 0.436. The van der Waals surface area contributed by atoms with Crippen LogP contribution in [0.1, 0.15) is 13.3 Å². The summed E-state index contributed by atoms with van der Waals surface area (Å²) in [5.41, 5.74) is 0. The predicted molar refractivity (Wildman–Crippen MR) is 32.7 cm³/mol. The van der Waals surface area contributed by atoms with Crippen molar-refractivity contribution in [3.05, 3.63) is 12.7 Å². The minimum Gasteiger partial charge on any atom is -0.301 e. The monoisotopic (exact) mass is 130 g/mol. The van der Waals surface area contributed by atoms with Crippen molar-refractivity contribution >= 4 is 5.97 Å². The van der Waals surface area contributed by atoms with E-state index in [-0.39, 0.29) is 5.92 Å². The minimum atomic E-state index is -0.616. The molecule has 0 saturated carbocycles. The molecule has 0 aliphatic carbocycles. The molecule has 0 bridgehead atoms. The van der Waals surface area contributed by atoms with Crippen LogP contribution in [0.15, 0.2) is 12.7 Å². The van der Waals surface area contributed by atoms with Crippen molar-refractivity contribution in [2.45, 2.75) is 13.3 Å². The zero-order chi connectivity index (χ0) is 7.28. The Bertz CT molecular complexity index is 109. The molecule has 0 saturated heterocycles. The molecule has 0 radical (unpaired) electrons. The Hall–Kier alpha value is -0.830. The quantitative estimate of drug-likeness (QED) is 0.355. The fraction of sp³-hybridized carbons (Fsp3) is 0.500. The zero-order valence-corrected chi connectivity index (χ0v) is 5.33. The van der Waals surface area contributed by atoms with Crippen molar-refractivity contribution in [2.24, 2.45) is 5.92 Å². The highest BCUT2D eigenvalue weighted by Gasteiger charge is 2.11. The standard InChI is InChI=1S/C6H10O3/c1-3-4-5(2)6(7)9-8/h3,5,8H,1,4H2,2H3. The highest BCUT2D eigenvalue weighted by Crippen LogP contribution is 2.02. The Morgan fingerprint density at radius 2 is 2.56 bits per heavy atom. The molecule has 3 nitrogen and oxygen atoms in total. The first-order valence-corrected chi connectivity index (χ1v) is 2.68. The maximum absolute atomic E-state index is 10.4. The smallest absolute Gasteiger partial charge is 0.301 e. The summed E-state index contributed by atoms with van der Waals surface area (Å²) >= 11 is 0. The summed E-state index contributed by atoms with van der Waals surface area (Å²) in [6.07, 6.45) is 2.13. The van der Waals surface area contributed by atoms with Crippen LogP contribution in [0.4, 0.5) is 0 Å². The summed E-state index contributed by atoms with van der Waals surface area (Å²) in [6, 6.07) is 0. The van der Waals surface area contributed by atoms with Gasteiger partial charge in [-0.25, -0.2) is 4.79 Å². The second-order valence-electron chi connectivity index (χ2n) is 1.84. The molecule has 0 aliphatic heterocycles. The average molecular weight is 130 g/mol. The van der Waals surface area contributed by atoms with E-state index in [1.165, 1.54) is 0 Å². The first kappa shape index (κ1) is 8.17. The van der Waals surface area contributed by atoms with Crippen LogP contribution in [-0.4, -0.2) is 11.2 Å². The molecule has 1 atom stereocenters. The fourth-order valence-corrected chi connectivity index (χ4v) is 0.436. The van der Waals surface area contributed by atoms with Crippen molar-refractivity contribution in [1.82, 2.24) is 0 Å². The predicted octanol–water partition coefficient (Wildman–Crippen LogP) is 1.21. The molecule has 1 unspecified atom stereocenters. The summed E-state index contributed by atoms with van der Waals surface area (Å²) < 4.78 is 0. The average Bonchev–Trinajstić information content (AvgIpc) is 1.87. The zero-order valence-electron chi connectivity index (χ0n) is 5.33. The van der Waals surface area contributed by atoms with Crippen molar-refractivity contribution in [3.63, 3.8) is 0 Å². The van der Waals surface area contributed by atoms with Gasteiger partial charge in [0.05, 0.1) is 5.92 Å². The molecular formula is C6H10O3. The summed E-state index contributed by atoms with van der Waals surface area (Å²) in [7, 11) is 0. The number of carbonyl (C=O) groups excluding carboxylic acids is 1. The van der Waals surface area contributed by atoms with Crippen LogP contribution >= 0.6 is 0 Å².